The molecule has 0 bridgehead atoms. The van der Waals surface area contributed by atoms with E-state index in [1.54, 1.807) is 42.6 Å². The average Bonchev–Trinajstić information content (AvgIpc) is 2.58. The highest BCUT2D eigenvalue weighted by atomic mass is 32.2. The average molecular weight is 331 g/mol. The SMILES string of the molecule is O=S(=O)(Nc1ccc(CN2CCCCC2)nc1)c1ccccc1. The van der Waals surface area contributed by atoms with Crippen molar-refractivity contribution in [3.63, 3.8) is 0 Å². The Morgan fingerprint density at radius 2 is 1.74 bits per heavy atom. The Kier molecular flexibility index (Phi) is 4.93. The standard InChI is InChI=1S/C17H21N3O2S/c21-23(22,17-7-3-1-4-8-17)19-15-9-10-16(18-13-15)14-20-11-5-2-6-12-20/h1,3-4,7-10,13,19H,2,5-6,11-12,14H2. The van der Waals surface area contributed by atoms with E-state index in [0.717, 1.165) is 25.3 Å². The lowest BCUT2D eigenvalue weighted by Gasteiger charge is -2.25. The van der Waals surface area contributed by atoms with Crippen molar-refractivity contribution >= 4 is 15.7 Å². The molecule has 1 fully saturated rings. The van der Waals surface area contributed by atoms with Gasteiger partial charge in [-0.1, -0.05) is 24.6 Å². The number of nitrogens with zero attached hydrogens (tertiary/aromatic N) is 2. The lowest BCUT2D eigenvalue weighted by molar-refractivity contribution is 0.218. The molecule has 2 heterocycles. The van der Waals surface area contributed by atoms with Gasteiger partial charge in [-0.25, -0.2) is 8.42 Å². The minimum atomic E-state index is -3.55. The summed E-state index contributed by atoms with van der Waals surface area (Å²) in [5.41, 5.74) is 1.45. The van der Waals surface area contributed by atoms with E-state index in [0.29, 0.717) is 5.69 Å². The van der Waals surface area contributed by atoms with Gasteiger partial charge in [0.25, 0.3) is 10.0 Å². The van der Waals surface area contributed by atoms with E-state index >= 15 is 0 Å². The molecule has 0 radical (unpaired) electrons. The second-order valence-electron chi connectivity index (χ2n) is 5.79. The molecule has 0 unspecified atom stereocenters. The third-order valence-electron chi connectivity index (χ3n) is 3.96. The molecule has 2 aromatic rings. The highest BCUT2D eigenvalue weighted by molar-refractivity contribution is 7.92. The van der Waals surface area contributed by atoms with Crippen molar-refractivity contribution in [3.8, 4) is 0 Å². The smallest absolute Gasteiger partial charge is 0.261 e. The van der Waals surface area contributed by atoms with Gasteiger partial charge in [-0.3, -0.25) is 14.6 Å². The Bertz CT molecular complexity index is 724. The molecule has 1 saturated heterocycles. The van der Waals surface area contributed by atoms with E-state index in [9.17, 15) is 8.42 Å². The van der Waals surface area contributed by atoms with Crippen LogP contribution in [0.5, 0.6) is 0 Å². The Balaban J connectivity index is 1.65. The maximum absolute atomic E-state index is 12.3. The van der Waals surface area contributed by atoms with Gasteiger partial charge in [-0.15, -0.1) is 0 Å². The fraction of sp³-hybridized carbons (Fsp3) is 0.353. The molecule has 0 saturated carbocycles. The summed E-state index contributed by atoms with van der Waals surface area (Å²) in [6.45, 7) is 3.06. The molecule has 1 aromatic heterocycles. The number of anilines is 1. The number of hydrogen-bond acceptors (Lipinski definition) is 4. The molecule has 0 aliphatic carbocycles. The van der Waals surface area contributed by atoms with Crippen LogP contribution in [0, 0.1) is 0 Å². The molecule has 1 N–H and O–H groups in total. The van der Waals surface area contributed by atoms with Crippen LogP contribution in [-0.2, 0) is 16.6 Å². The summed E-state index contributed by atoms with van der Waals surface area (Å²) in [6, 6.07) is 12.0. The second-order valence-corrected chi connectivity index (χ2v) is 7.48. The molecule has 3 rings (SSSR count). The zero-order valence-electron chi connectivity index (χ0n) is 13.0. The Labute approximate surface area is 137 Å². The summed E-state index contributed by atoms with van der Waals surface area (Å²) in [4.78, 5) is 7.02. The lowest BCUT2D eigenvalue weighted by atomic mass is 10.1. The Morgan fingerprint density at radius 1 is 1.00 bits per heavy atom. The van der Waals surface area contributed by atoms with E-state index in [2.05, 4.69) is 14.6 Å². The quantitative estimate of drug-likeness (QED) is 0.915. The number of nitrogens with one attached hydrogen (secondary N) is 1. The number of piperidine rings is 1. The maximum Gasteiger partial charge on any atom is 0.261 e. The van der Waals surface area contributed by atoms with Gasteiger partial charge in [0.2, 0.25) is 0 Å². The highest BCUT2D eigenvalue weighted by Gasteiger charge is 2.14. The van der Waals surface area contributed by atoms with Crippen LogP contribution in [0.25, 0.3) is 0 Å². The van der Waals surface area contributed by atoms with Gasteiger partial charge in [0.1, 0.15) is 0 Å². The predicted octanol–water partition coefficient (Wildman–Crippen LogP) is 2.87. The molecule has 0 atom stereocenters. The molecule has 6 heteroatoms. The van der Waals surface area contributed by atoms with Crippen molar-refractivity contribution in [1.82, 2.24) is 9.88 Å². The normalized spacial score (nSPS) is 16.2. The van der Waals surface area contributed by atoms with Gasteiger partial charge in [0.05, 0.1) is 22.5 Å². The first kappa shape index (κ1) is 16.0. The Morgan fingerprint density at radius 3 is 2.39 bits per heavy atom. The van der Waals surface area contributed by atoms with Crippen LogP contribution in [0.1, 0.15) is 25.0 Å². The van der Waals surface area contributed by atoms with Gasteiger partial charge < -0.3 is 0 Å². The van der Waals surface area contributed by atoms with Crippen molar-refractivity contribution in [2.75, 3.05) is 17.8 Å². The van der Waals surface area contributed by atoms with Gasteiger partial charge in [0.15, 0.2) is 0 Å². The molecule has 1 aromatic carbocycles. The van der Waals surface area contributed by atoms with E-state index < -0.39 is 10.0 Å². The minimum absolute atomic E-state index is 0.248. The summed E-state index contributed by atoms with van der Waals surface area (Å²) >= 11 is 0. The molecular weight excluding hydrogens is 310 g/mol. The van der Waals surface area contributed by atoms with Gasteiger partial charge in [-0.2, -0.15) is 0 Å². The summed E-state index contributed by atoms with van der Waals surface area (Å²) in [5, 5.41) is 0. The van der Waals surface area contributed by atoms with Crippen molar-refractivity contribution in [2.45, 2.75) is 30.7 Å². The highest BCUT2D eigenvalue weighted by Crippen LogP contribution is 2.16. The first-order chi connectivity index (χ1) is 11.1. The Hall–Kier alpha value is -1.92. The van der Waals surface area contributed by atoms with Crippen LogP contribution in [0.2, 0.25) is 0 Å². The second kappa shape index (κ2) is 7.10. The lowest BCUT2D eigenvalue weighted by Crippen LogP contribution is -2.29. The van der Waals surface area contributed by atoms with Crippen LogP contribution >= 0.6 is 0 Å². The van der Waals surface area contributed by atoms with E-state index in [1.807, 2.05) is 6.07 Å². The number of rotatable bonds is 5. The molecule has 0 spiro atoms. The van der Waals surface area contributed by atoms with Gasteiger partial charge >= 0.3 is 0 Å². The number of benzene rings is 1. The molecule has 5 nitrogen and oxygen atoms in total. The third kappa shape index (κ3) is 4.30. The van der Waals surface area contributed by atoms with E-state index in [4.69, 9.17) is 0 Å². The van der Waals surface area contributed by atoms with Crippen LogP contribution in [0.3, 0.4) is 0 Å². The van der Waals surface area contributed by atoms with Crippen molar-refractivity contribution in [1.29, 1.82) is 0 Å². The summed E-state index contributed by atoms with van der Waals surface area (Å²) in [7, 11) is -3.55. The zero-order chi connectivity index (χ0) is 16.1. The monoisotopic (exact) mass is 331 g/mol. The largest absolute Gasteiger partial charge is 0.298 e. The molecule has 23 heavy (non-hydrogen) atoms. The first-order valence-corrected chi connectivity index (χ1v) is 9.37. The van der Waals surface area contributed by atoms with Crippen molar-refractivity contribution in [2.24, 2.45) is 0 Å². The van der Waals surface area contributed by atoms with Crippen LogP contribution < -0.4 is 4.72 Å². The van der Waals surface area contributed by atoms with Crippen LogP contribution in [0.15, 0.2) is 53.6 Å². The van der Waals surface area contributed by atoms with Crippen molar-refractivity contribution in [3.05, 3.63) is 54.4 Å². The number of hydrogen-bond donors (Lipinski definition) is 1. The zero-order valence-corrected chi connectivity index (χ0v) is 13.8. The molecule has 1 aliphatic rings. The fourth-order valence-electron chi connectivity index (χ4n) is 2.74. The number of aromatic nitrogens is 1. The number of pyridine rings is 1. The van der Waals surface area contributed by atoms with Crippen molar-refractivity contribution < 1.29 is 8.42 Å². The number of likely N-dealkylation sites (tertiary alicyclic amines) is 1. The van der Waals surface area contributed by atoms with E-state index in [1.165, 1.54) is 19.3 Å². The molecule has 0 amide bonds. The molecule has 1 aliphatic heterocycles. The predicted molar refractivity (Wildman–Crippen MR) is 90.6 cm³/mol. The van der Waals surface area contributed by atoms with Gasteiger partial charge in [-0.05, 0) is 50.2 Å². The van der Waals surface area contributed by atoms with Crippen LogP contribution in [0.4, 0.5) is 5.69 Å². The topological polar surface area (TPSA) is 62.3 Å². The minimum Gasteiger partial charge on any atom is -0.298 e. The van der Waals surface area contributed by atoms with Gasteiger partial charge in [0, 0.05) is 6.54 Å². The van der Waals surface area contributed by atoms with Crippen LogP contribution in [-0.4, -0.2) is 31.4 Å². The maximum atomic E-state index is 12.3. The summed E-state index contributed by atoms with van der Waals surface area (Å²) in [5.74, 6) is 0. The van der Waals surface area contributed by atoms with E-state index in [-0.39, 0.29) is 4.90 Å². The summed E-state index contributed by atoms with van der Waals surface area (Å²) < 4.78 is 27.1. The molecule has 122 valence electrons. The molecular formula is C17H21N3O2S. The third-order valence-corrected chi connectivity index (χ3v) is 5.36. The summed E-state index contributed by atoms with van der Waals surface area (Å²) in [6.07, 6.45) is 5.38. The first-order valence-electron chi connectivity index (χ1n) is 7.89. The fourth-order valence-corrected chi connectivity index (χ4v) is 3.80. The number of sulfonamides is 1.